The van der Waals surface area contributed by atoms with E-state index in [1.807, 2.05) is 24.4 Å². The second kappa shape index (κ2) is 12.2. The predicted octanol–water partition coefficient (Wildman–Crippen LogP) is 5.14. The van der Waals surface area contributed by atoms with Gasteiger partial charge in [0.15, 0.2) is 9.84 Å². The van der Waals surface area contributed by atoms with E-state index in [-0.39, 0.29) is 11.2 Å². The first-order chi connectivity index (χ1) is 18.9. The summed E-state index contributed by atoms with van der Waals surface area (Å²) in [6.45, 7) is 4.34. The van der Waals surface area contributed by atoms with Crippen LogP contribution in [0.2, 0.25) is 0 Å². The molecule has 2 atom stereocenters. The molecule has 1 saturated heterocycles. The van der Waals surface area contributed by atoms with E-state index in [9.17, 15) is 34.8 Å². The monoisotopic (exact) mass is 624 g/mol. The second-order valence-electron chi connectivity index (χ2n) is 9.00. The average molecular weight is 625 g/mol. The summed E-state index contributed by atoms with van der Waals surface area (Å²) in [6.07, 6.45) is -6.60. The number of thiophene rings is 1. The highest BCUT2D eigenvalue weighted by Crippen LogP contribution is 2.46. The number of fused-ring (bicyclic) bond motifs is 3. The molecule has 0 radical (unpaired) electrons. The van der Waals surface area contributed by atoms with Crippen LogP contribution in [0.5, 0.6) is 0 Å². The standard InChI is InChI=1S/C21H20N2O2S2.2C2HF3O2/c1-14-4-6-17(26-14)11-23-12-19-18-9-15(16-3-2-8-22-10-16)5-7-20(18)27(24,25)21(19)13-23;2*3-2(4,5)1(6)7/h2-10,19,21H,11-13H2,1H3;2*(H,6,7). The zero-order valence-electron chi connectivity index (χ0n) is 21.0. The minimum Gasteiger partial charge on any atom is -0.475 e. The molecule has 0 saturated carbocycles. The SMILES string of the molecule is Cc1ccc(CN2CC3c4cc(-c5cccnc5)ccc4S(=O)(=O)C3C2)s1.O=C(O)C(F)(F)F.O=C(O)C(F)(F)F. The number of aryl methyl sites for hydroxylation is 1. The van der Waals surface area contributed by atoms with Crippen molar-refractivity contribution in [2.45, 2.75) is 41.9 Å². The van der Waals surface area contributed by atoms with E-state index in [2.05, 4.69) is 35.0 Å². The molecule has 222 valence electrons. The molecular formula is C25H22F6N2O6S2. The molecule has 8 nitrogen and oxygen atoms in total. The number of aliphatic carboxylic acids is 2. The Hall–Kier alpha value is -3.50. The third-order valence-corrected chi connectivity index (χ3v) is 9.36. The fourth-order valence-electron chi connectivity index (χ4n) is 4.36. The summed E-state index contributed by atoms with van der Waals surface area (Å²) in [5.41, 5.74) is 3.03. The van der Waals surface area contributed by atoms with E-state index in [1.165, 1.54) is 9.75 Å². The zero-order chi connectivity index (χ0) is 30.8. The van der Waals surface area contributed by atoms with Gasteiger partial charge in [-0.1, -0.05) is 12.1 Å². The lowest BCUT2D eigenvalue weighted by Crippen LogP contribution is -2.25. The third kappa shape index (κ3) is 7.83. The molecule has 5 rings (SSSR count). The fraction of sp³-hybridized carbons (Fsp3) is 0.320. The molecule has 1 aromatic carbocycles. The summed E-state index contributed by atoms with van der Waals surface area (Å²) in [6, 6.07) is 13.9. The Morgan fingerprint density at radius 2 is 1.59 bits per heavy atom. The van der Waals surface area contributed by atoms with E-state index in [1.54, 1.807) is 23.6 Å². The van der Waals surface area contributed by atoms with E-state index >= 15 is 0 Å². The second-order valence-corrected chi connectivity index (χ2v) is 12.5. The molecule has 0 spiro atoms. The number of likely N-dealkylation sites (tertiary alicyclic amines) is 1. The Balaban J connectivity index is 0.000000276. The van der Waals surface area contributed by atoms with Crippen LogP contribution in [0.25, 0.3) is 11.1 Å². The number of rotatable bonds is 3. The van der Waals surface area contributed by atoms with Crippen LogP contribution in [0.3, 0.4) is 0 Å². The minimum atomic E-state index is -5.08. The number of pyridine rings is 1. The molecule has 0 aliphatic carbocycles. The normalized spacial score (nSPS) is 19.2. The molecule has 1 fully saturated rings. The first kappa shape index (κ1) is 32.0. The van der Waals surface area contributed by atoms with E-state index in [4.69, 9.17) is 19.8 Å². The van der Waals surface area contributed by atoms with Gasteiger partial charge in [0.25, 0.3) is 0 Å². The Morgan fingerprint density at radius 3 is 2.07 bits per heavy atom. The summed E-state index contributed by atoms with van der Waals surface area (Å²) in [7, 11) is -3.26. The number of hydrogen-bond acceptors (Lipinski definition) is 7. The quantitative estimate of drug-likeness (QED) is 0.384. The van der Waals surface area contributed by atoms with Gasteiger partial charge in [0, 0.05) is 47.7 Å². The van der Waals surface area contributed by atoms with Crippen LogP contribution < -0.4 is 0 Å². The number of halogens is 6. The van der Waals surface area contributed by atoms with Gasteiger partial charge in [-0.15, -0.1) is 11.3 Å². The number of aromatic nitrogens is 1. The number of carboxylic acids is 2. The maximum Gasteiger partial charge on any atom is 0.490 e. The number of carbonyl (C=O) groups is 2. The van der Waals surface area contributed by atoms with Gasteiger partial charge in [0.1, 0.15) is 0 Å². The Bertz CT molecular complexity index is 1480. The largest absolute Gasteiger partial charge is 0.490 e. The van der Waals surface area contributed by atoms with Crippen LogP contribution >= 0.6 is 11.3 Å². The molecule has 16 heteroatoms. The summed E-state index contributed by atoms with van der Waals surface area (Å²) in [5, 5.41) is 13.9. The van der Waals surface area contributed by atoms with Crippen molar-refractivity contribution < 1.29 is 54.6 Å². The fourth-order valence-corrected chi connectivity index (χ4v) is 7.49. The molecule has 3 aromatic rings. The number of benzene rings is 1. The van der Waals surface area contributed by atoms with Gasteiger partial charge >= 0.3 is 24.3 Å². The Kier molecular flexibility index (Phi) is 9.50. The van der Waals surface area contributed by atoms with Crippen LogP contribution in [0.15, 0.2) is 59.8 Å². The topological polar surface area (TPSA) is 125 Å². The molecule has 2 N–H and O–H groups in total. The third-order valence-electron chi connectivity index (χ3n) is 6.11. The number of carboxylic acid groups (broad SMARTS) is 2. The number of alkyl halides is 6. The zero-order valence-corrected chi connectivity index (χ0v) is 22.6. The summed E-state index contributed by atoms with van der Waals surface area (Å²) in [5.74, 6) is -5.46. The highest BCUT2D eigenvalue weighted by molar-refractivity contribution is 7.92. The van der Waals surface area contributed by atoms with Crippen molar-refractivity contribution in [2.24, 2.45) is 0 Å². The van der Waals surface area contributed by atoms with Crippen molar-refractivity contribution in [1.29, 1.82) is 0 Å². The van der Waals surface area contributed by atoms with Crippen molar-refractivity contribution in [3.63, 3.8) is 0 Å². The number of sulfone groups is 1. The van der Waals surface area contributed by atoms with E-state index in [0.29, 0.717) is 11.4 Å². The van der Waals surface area contributed by atoms with Gasteiger partial charge in [-0.3, -0.25) is 9.88 Å². The first-order valence-corrected chi connectivity index (χ1v) is 13.9. The molecule has 4 heterocycles. The molecule has 2 aliphatic heterocycles. The number of nitrogens with zero attached hydrogens (tertiary/aromatic N) is 2. The van der Waals surface area contributed by atoms with Crippen LogP contribution in [0.4, 0.5) is 26.3 Å². The van der Waals surface area contributed by atoms with E-state index < -0.39 is 34.1 Å². The minimum absolute atomic E-state index is 0.0580. The van der Waals surface area contributed by atoms with Crippen molar-refractivity contribution in [3.8, 4) is 11.1 Å². The van der Waals surface area contributed by atoms with Gasteiger partial charge < -0.3 is 10.2 Å². The molecule has 2 unspecified atom stereocenters. The van der Waals surface area contributed by atoms with Crippen LogP contribution in [0, 0.1) is 6.92 Å². The maximum atomic E-state index is 13.1. The molecule has 0 amide bonds. The maximum absolute atomic E-state index is 13.1. The van der Waals surface area contributed by atoms with Gasteiger partial charge in [0.05, 0.1) is 10.1 Å². The van der Waals surface area contributed by atoms with Crippen LogP contribution in [-0.2, 0) is 26.0 Å². The molecule has 2 aromatic heterocycles. The molecular weight excluding hydrogens is 602 g/mol. The summed E-state index contributed by atoms with van der Waals surface area (Å²) in [4.78, 5) is 27.4. The highest BCUT2D eigenvalue weighted by atomic mass is 32.2. The van der Waals surface area contributed by atoms with Crippen molar-refractivity contribution in [2.75, 3.05) is 13.1 Å². The van der Waals surface area contributed by atoms with Gasteiger partial charge in [-0.2, -0.15) is 26.3 Å². The van der Waals surface area contributed by atoms with Crippen molar-refractivity contribution >= 4 is 33.1 Å². The van der Waals surface area contributed by atoms with E-state index in [0.717, 1.165) is 29.8 Å². The lowest BCUT2D eigenvalue weighted by molar-refractivity contribution is -0.193. The van der Waals surface area contributed by atoms with Gasteiger partial charge in [0.2, 0.25) is 0 Å². The number of hydrogen-bond donors (Lipinski definition) is 2. The predicted molar refractivity (Wildman–Crippen MR) is 135 cm³/mol. The molecule has 2 aliphatic rings. The van der Waals surface area contributed by atoms with Crippen molar-refractivity contribution in [3.05, 3.63) is 70.2 Å². The lowest BCUT2D eigenvalue weighted by Gasteiger charge is -2.16. The highest BCUT2D eigenvalue weighted by Gasteiger charge is 2.50. The van der Waals surface area contributed by atoms with Gasteiger partial charge in [-0.05, 0) is 53.9 Å². The first-order valence-electron chi connectivity index (χ1n) is 11.6. The van der Waals surface area contributed by atoms with Gasteiger partial charge in [-0.25, -0.2) is 18.0 Å². The molecule has 41 heavy (non-hydrogen) atoms. The smallest absolute Gasteiger partial charge is 0.475 e. The molecule has 0 bridgehead atoms. The Morgan fingerprint density at radius 1 is 0.976 bits per heavy atom. The summed E-state index contributed by atoms with van der Waals surface area (Å²) < 4.78 is 89.6. The van der Waals surface area contributed by atoms with Crippen molar-refractivity contribution in [1.82, 2.24) is 9.88 Å². The average Bonchev–Trinajstić information content (AvgIpc) is 3.54. The van der Waals surface area contributed by atoms with Crippen LogP contribution in [0.1, 0.15) is 21.2 Å². The Labute approximate surface area is 233 Å². The summed E-state index contributed by atoms with van der Waals surface area (Å²) >= 11 is 1.79. The lowest BCUT2D eigenvalue weighted by atomic mass is 9.95. The van der Waals surface area contributed by atoms with Crippen LogP contribution in [-0.4, -0.2) is 71.1 Å².